The summed E-state index contributed by atoms with van der Waals surface area (Å²) in [7, 11) is 0. The first-order valence-electron chi connectivity index (χ1n) is 33.8. The summed E-state index contributed by atoms with van der Waals surface area (Å²) in [6.45, 7) is 0.0663. The third-order valence-electron chi connectivity index (χ3n) is 19.5. The molecule has 5 heterocycles. The van der Waals surface area contributed by atoms with Crippen LogP contribution in [0, 0.1) is 0 Å². The Bertz CT molecular complexity index is 5800. The quantitative estimate of drug-likeness (QED) is 0.112. The predicted molar refractivity (Wildman–Crippen MR) is 410 cm³/mol. The molecule has 466 valence electrons. The second-order valence-corrected chi connectivity index (χ2v) is 25.4. The van der Waals surface area contributed by atoms with E-state index in [1.54, 1.807) is 0 Å². The van der Waals surface area contributed by atoms with E-state index in [-0.39, 0.29) is 6.71 Å². The van der Waals surface area contributed by atoms with Crippen LogP contribution in [0.5, 0.6) is 0 Å². The molecule has 17 aromatic rings. The zero-order valence-corrected chi connectivity index (χ0v) is 54.1. The molecule has 0 N–H and O–H groups in total. The highest BCUT2D eigenvalue weighted by atomic mass is 15.2. The SMILES string of the molecule is c1ccc(-c2ccc3c(c2)c2cc(-c4ccccc4)ccc2n3-c2ccc(-c3nc(-c4ccccc4)nc(-c4ccccc4)n3)cc2-c2nc(-c3ccccc3)nc(-c3ccc(-c4ccc(N5c6ccccc6B6c7ccccc7N(c7ccccc7)c7cccc5c76)cc4)cc3)n2)cc1. The lowest BCUT2D eigenvalue weighted by molar-refractivity contribution is 1.06. The number of aromatic nitrogens is 7. The van der Waals surface area contributed by atoms with E-state index in [0.29, 0.717) is 34.9 Å². The molecule has 0 spiro atoms. The third-order valence-corrected chi connectivity index (χ3v) is 19.5. The van der Waals surface area contributed by atoms with Crippen molar-refractivity contribution in [1.29, 1.82) is 0 Å². The number of nitrogens with zero attached hydrogens (tertiary/aromatic N) is 9. The molecule has 0 unspecified atom stereocenters. The Labute approximate surface area is 579 Å². The Hall–Kier alpha value is -13.4. The van der Waals surface area contributed by atoms with Crippen LogP contribution < -0.4 is 26.2 Å². The molecule has 0 bridgehead atoms. The molecule has 100 heavy (non-hydrogen) atoms. The fraction of sp³-hybridized carbons (Fsp3) is 0. The number of benzene rings is 14. The van der Waals surface area contributed by atoms with E-state index in [4.69, 9.17) is 29.9 Å². The fourth-order valence-electron chi connectivity index (χ4n) is 14.8. The fourth-order valence-corrected chi connectivity index (χ4v) is 14.8. The number of anilines is 6. The average Bonchev–Trinajstić information content (AvgIpc) is 0.941. The molecule has 0 atom stereocenters. The molecule has 0 radical (unpaired) electrons. The maximum Gasteiger partial charge on any atom is 0.252 e. The number of fused-ring (bicyclic) bond motifs is 7. The standard InChI is InChI=1S/C90H58BN9/c1-7-24-59(25-8-1)67-48-53-77-72(56-67)73-57-68(60-26-9-2-10-27-60)49-54-78(73)100(77)79-55-50-69(89-94-85(63-28-11-3-12-29-63)92-86(95-89)64-30-13-4-14-31-64)58-74(79)90-96-87(65-32-15-5-16-33-65)93-88(97-90)66-44-42-61(43-45-66)62-46-51-71(52-47-62)99-81-39-22-20-37-76(81)91-75-36-19-21-38-80(75)98(70-34-17-6-18-35-70)82-40-23-41-83(99)84(82)91/h1-58H. The molecule has 9 nitrogen and oxygen atoms in total. The lowest BCUT2D eigenvalue weighted by Gasteiger charge is -2.44. The molecular formula is C90H58BN9. The van der Waals surface area contributed by atoms with Gasteiger partial charge < -0.3 is 14.4 Å². The van der Waals surface area contributed by atoms with Crippen molar-refractivity contribution in [3.05, 3.63) is 352 Å². The van der Waals surface area contributed by atoms with Gasteiger partial charge in [0.25, 0.3) is 6.71 Å². The largest absolute Gasteiger partial charge is 0.311 e. The Balaban J connectivity index is 0.753. The summed E-state index contributed by atoms with van der Waals surface area (Å²) < 4.78 is 2.37. The maximum absolute atomic E-state index is 5.56. The summed E-state index contributed by atoms with van der Waals surface area (Å²) in [6, 6.07) is 125. The van der Waals surface area contributed by atoms with Gasteiger partial charge in [0.2, 0.25) is 0 Å². The van der Waals surface area contributed by atoms with Crippen molar-refractivity contribution >= 4 is 79.0 Å². The molecule has 0 saturated carbocycles. The van der Waals surface area contributed by atoms with Gasteiger partial charge in [-0.05, 0) is 141 Å². The van der Waals surface area contributed by atoms with Crippen molar-refractivity contribution in [3.8, 4) is 107 Å². The van der Waals surface area contributed by atoms with E-state index in [1.807, 2.05) is 78.9 Å². The van der Waals surface area contributed by atoms with Crippen LogP contribution in [-0.4, -0.2) is 41.2 Å². The monoisotopic (exact) mass is 1280 g/mol. The molecule has 0 aliphatic carbocycles. The zero-order valence-electron chi connectivity index (χ0n) is 54.1. The molecule has 0 saturated heterocycles. The first-order chi connectivity index (χ1) is 49.6. The van der Waals surface area contributed by atoms with Gasteiger partial charge in [0.1, 0.15) is 0 Å². The molecular weight excluding hydrogens is 1220 g/mol. The number of hydrogen-bond donors (Lipinski definition) is 0. The zero-order chi connectivity index (χ0) is 66.0. The lowest BCUT2D eigenvalue weighted by Crippen LogP contribution is -2.61. The van der Waals surface area contributed by atoms with Gasteiger partial charge in [-0.3, -0.25) is 0 Å². The summed E-state index contributed by atoms with van der Waals surface area (Å²) in [4.78, 5) is 36.8. The second-order valence-electron chi connectivity index (χ2n) is 25.4. The number of hydrogen-bond acceptors (Lipinski definition) is 8. The summed E-state index contributed by atoms with van der Waals surface area (Å²) in [5.74, 6) is 3.21. The van der Waals surface area contributed by atoms with Crippen molar-refractivity contribution in [2.45, 2.75) is 0 Å². The molecule has 2 aliphatic rings. The highest BCUT2D eigenvalue weighted by Crippen LogP contribution is 2.46. The van der Waals surface area contributed by atoms with Crippen molar-refractivity contribution < 1.29 is 0 Å². The van der Waals surface area contributed by atoms with Gasteiger partial charge in [-0.15, -0.1) is 0 Å². The van der Waals surface area contributed by atoms with Crippen molar-refractivity contribution in [3.63, 3.8) is 0 Å². The van der Waals surface area contributed by atoms with Gasteiger partial charge in [0.05, 0.1) is 16.7 Å². The summed E-state index contributed by atoms with van der Waals surface area (Å²) in [6.07, 6.45) is 0. The average molecular weight is 1280 g/mol. The Morgan fingerprint density at radius 3 is 0.990 bits per heavy atom. The van der Waals surface area contributed by atoms with Gasteiger partial charge >= 0.3 is 0 Å². The topological polar surface area (TPSA) is 88.7 Å². The van der Waals surface area contributed by atoms with Crippen molar-refractivity contribution in [1.82, 2.24) is 34.5 Å². The molecule has 2 aliphatic heterocycles. The molecule has 0 amide bonds. The minimum absolute atomic E-state index is 0.0663. The van der Waals surface area contributed by atoms with Crippen LogP contribution in [0.4, 0.5) is 34.1 Å². The van der Waals surface area contributed by atoms with E-state index in [2.05, 4.69) is 287 Å². The molecule has 14 aromatic carbocycles. The second kappa shape index (κ2) is 24.3. The van der Waals surface area contributed by atoms with Gasteiger partial charge in [0, 0.05) is 78.3 Å². The van der Waals surface area contributed by atoms with Gasteiger partial charge in [-0.1, -0.05) is 261 Å². The summed E-state index contributed by atoms with van der Waals surface area (Å²) in [5.41, 5.74) is 25.4. The van der Waals surface area contributed by atoms with E-state index in [1.165, 1.54) is 39.1 Å². The van der Waals surface area contributed by atoms with Crippen LogP contribution >= 0.6 is 0 Å². The van der Waals surface area contributed by atoms with Crippen molar-refractivity contribution in [2.24, 2.45) is 0 Å². The molecule has 3 aromatic heterocycles. The van der Waals surface area contributed by atoms with E-state index >= 15 is 0 Å². The number of para-hydroxylation sites is 3. The molecule has 0 fully saturated rings. The lowest BCUT2D eigenvalue weighted by atomic mass is 9.33. The van der Waals surface area contributed by atoms with E-state index in [9.17, 15) is 0 Å². The smallest absolute Gasteiger partial charge is 0.252 e. The Kier molecular flexibility index (Phi) is 14.1. The summed E-state index contributed by atoms with van der Waals surface area (Å²) >= 11 is 0. The van der Waals surface area contributed by atoms with Gasteiger partial charge in [0.15, 0.2) is 34.9 Å². The van der Waals surface area contributed by atoms with Gasteiger partial charge in [-0.25, -0.2) is 29.9 Å². The normalized spacial score (nSPS) is 12.1. The Morgan fingerprint density at radius 2 is 0.530 bits per heavy atom. The van der Waals surface area contributed by atoms with Crippen LogP contribution in [0.15, 0.2) is 352 Å². The van der Waals surface area contributed by atoms with E-state index in [0.717, 1.165) is 106 Å². The maximum atomic E-state index is 5.56. The van der Waals surface area contributed by atoms with Crippen LogP contribution in [0.3, 0.4) is 0 Å². The predicted octanol–water partition coefficient (Wildman–Crippen LogP) is 20.2. The summed E-state index contributed by atoms with van der Waals surface area (Å²) in [5, 5.41) is 2.23. The first kappa shape index (κ1) is 58.0. The van der Waals surface area contributed by atoms with Crippen LogP contribution in [0.2, 0.25) is 0 Å². The molecule has 19 rings (SSSR count). The van der Waals surface area contributed by atoms with Crippen LogP contribution in [-0.2, 0) is 0 Å². The van der Waals surface area contributed by atoms with Crippen molar-refractivity contribution in [2.75, 3.05) is 9.80 Å². The third kappa shape index (κ3) is 10.1. The minimum atomic E-state index is 0.0663. The highest BCUT2D eigenvalue weighted by Gasteiger charge is 2.43. The molecule has 10 heteroatoms. The Morgan fingerprint density at radius 1 is 0.210 bits per heavy atom. The highest BCUT2D eigenvalue weighted by molar-refractivity contribution is 7.00. The number of rotatable bonds is 12. The van der Waals surface area contributed by atoms with E-state index < -0.39 is 0 Å². The van der Waals surface area contributed by atoms with Crippen LogP contribution in [0.1, 0.15) is 0 Å². The minimum Gasteiger partial charge on any atom is -0.311 e. The first-order valence-corrected chi connectivity index (χ1v) is 33.8. The van der Waals surface area contributed by atoms with Gasteiger partial charge in [-0.2, -0.15) is 0 Å². The van der Waals surface area contributed by atoms with Crippen LogP contribution in [0.25, 0.3) is 129 Å².